The van der Waals surface area contributed by atoms with Crippen molar-refractivity contribution in [2.45, 2.75) is 13.8 Å². The van der Waals surface area contributed by atoms with Crippen molar-refractivity contribution in [3.63, 3.8) is 0 Å². The predicted molar refractivity (Wildman–Crippen MR) is 79.8 cm³/mol. The van der Waals surface area contributed by atoms with Crippen molar-refractivity contribution in [2.24, 2.45) is 0 Å². The van der Waals surface area contributed by atoms with Gasteiger partial charge in [0, 0.05) is 19.3 Å². The molecule has 6 heteroatoms. The van der Waals surface area contributed by atoms with E-state index in [4.69, 9.17) is 4.74 Å². The molecule has 0 bridgehead atoms. The van der Waals surface area contributed by atoms with Gasteiger partial charge in [0.25, 0.3) is 0 Å². The molecule has 0 aliphatic carbocycles. The maximum Gasteiger partial charge on any atom is 0.322 e. The highest BCUT2D eigenvalue weighted by Crippen LogP contribution is 2.22. The van der Waals surface area contributed by atoms with Crippen molar-refractivity contribution in [2.75, 3.05) is 30.9 Å². The van der Waals surface area contributed by atoms with Gasteiger partial charge in [-0.2, -0.15) is 15.0 Å². The summed E-state index contributed by atoms with van der Waals surface area (Å²) in [7, 11) is 3.45. The lowest BCUT2D eigenvalue weighted by molar-refractivity contribution is 0.379. The van der Waals surface area contributed by atoms with Gasteiger partial charge in [0.15, 0.2) is 0 Å². The van der Waals surface area contributed by atoms with E-state index in [2.05, 4.69) is 39.3 Å². The van der Waals surface area contributed by atoms with E-state index in [1.54, 1.807) is 7.11 Å². The van der Waals surface area contributed by atoms with Crippen LogP contribution in [0.5, 0.6) is 6.01 Å². The molecule has 1 N–H and O–H groups in total. The van der Waals surface area contributed by atoms with Crippen molar-refractivity contribution >= 4 is 17.6 Å². The Morgan fingerprint density at radius 3 is 2.45 bits per heavy atom. The second-order valence-electron chi connectivity index (χ2n) is 4.37. The summed E-state index contributed by atoms with van der Waals surface area (Å²) in [6, 6.07) is 8.45. The summed E-state index contributed by atoms with van der Waals surface area (Å²) >= 11 is 0. The topological polar surface area (TPSA) is 63.2 Å². The van der Waals surface area contributed by atoms with E-state index >= 15 is 0 Å². The highest BCUT2D eigenvalue weighted by atomic mass is 16.5. The molecule has 0 aliphatic heterocycles. The third kappa shape index (κ3) is 3.14. The van der Waals surface area contributed by atoms with Crippen LogP contribution in [0.3, 0.4) is 0 Å². The van der Waals surface area contributed by atoms with Crippen LogP contribution < -0.4 is 15.0 Å². The van der Waals surface area contributed by atoms with Crippen LogP contribution in [-0.4, -0.2) is 35.7 Å². The van der Waals surface area contributed by atoms with Gasteiger partial charge in [-0.25, -0.2) is 0 Å². The van der Waals surface area contributed by atoms with Gasteiger partial charge in [-0.1, -0.05) is 17.7 Å². The Balaban J connectivity index is 2.34. The average molecular weight is 273 g/mol. The van der Waals surface area contributed by atoms with Gasteiger partial charge in [0.05, 0.1) is 7.11 Å². The zero-order chi connectivity index (χ0) is 14.5. The van der Waals surface area contributed by atoms with Crippen LogP contribution in [0.2, 0.25) is 0 Å². The molecule has 0 amide bonds. The maximum atomic E-state index is 5.12. The molecule has 0 atom stereocenters. The first-order valence-electron chi connectivity index (χ1n) is 6.48. The minimum Gasteiger partial charge on any atom is -0.467 e. The van der Waals surface area contributed by atoms with Crippen LogP contribution in [0.1, 0.15) is 12.5 Å². The molecule has 0 spiro atoms. The zero-order valence-electron chi connectivity index (χ0n) is 12.2. The van der Waals surface area contributed by atoms with E-state index in [0.29, 0.717) is 17.9 Å². The lowest BCUT2D eigenvalue weighted by Gasteiger charge is -2.18. The monoisotopic (exact) mass is 273 g/mol. The number of aryl methyl sites for hydroxylation is 1. The molecule has 0 saturated carbocycles. The Kier molecular flexibility index (Phi) is 4.34. The van der Waals surface area contributed by atoms with Gasteiger partial charge in [0.1, 0.15) is 0 Å². The van der Waals surface area contributed by atoms with E-state index in [1.807, 2.05) is 31.0 Å². The van der Waals surface area contributed by atoms with Crippen molar-refractivity contribution in [3.05, 3.63) is 29.8 Å². The van der Waals surface area contributed by atoms with E-state index in [1.165, 1.54) is 5.56 Å². The first-order valence-corrected chi connectivity index (χ1v) is 6.48. The lowest BCUT2D eigenvalue weighted by atomic mass is 10.2. The summed E-state index contributed by atoms with van der Waals surface area (Å²) in [4.78, 5) is 14.7. The smallest absolute Gasteiger partial charge is 0.322 e. The molecule has 0 radical (unpaired) electrons. The predicted octanol–water partition coefficient (Wildman–Crippen LogP) is 2.39. The van der Waals surface area contributed by atoms with E-state index in [-0.39, 0.29) is 0 Å². The molecule has 0 saturated heterocycles. The summed E-state index contributed by atoms with van der Waals surface area (Å²) in [6.07, 6.45) is 0. The number of anilines is 3. The molecule has 0 unspecified atom stereocenters. The molecule has 1 aromatic carbocycles. The molecule has 0 fully saturated rings. The van der Waals surface area contributed by atoms with Crippen molar-refractivity contribution in [3.8, 4) is 6.01 Å². The fourth-order valence-electron chi connectivity index (χ4n) is 1.71. The minimum absolute atomic E-state index is 0.296. The highest BCUT2D eigenvalue weighted by molar-refractivity contribution is 5.57. The van der Waals surface area contributed by atoms with Crippen LogP contribution in [-0.2, 0) is 0 Å². The van der Waals surface area contributed by atoms with Gasteiger partial charge in [0.2, 0.25) is 11.9 Å². The molecule has 6 nitrogen and oxygen atoms in total. The molecule has 1 heterocycles. The van der Waals surface area contributed by atoms with Gasteiger partial charge >= 0.3 is 6.01 Å². The SMILES string of the molecule is CCNc1nc(OC)nc(N(C)c2ccc(C)cc2)n1. The third-order valence-electron chi connectivity index (χ3n) is 2.84. The van der Waals surface area contributed by atoms with E-state index in [0.717, 1.165) is 12.2 Å². The molecule has 1 aromatic heterocycles. The van der Waals surface area contributed by atoms with Crippen LogP contribution in [0, 0.1) is 6.92 Å². The summed E-state index contributed by atoms with van der Waals surface area (Å²) < 4.78 is 5.12. The maximum absolute atomic E-state index is 5.12. The van der Waals surface area contributed by atoms with Crippen molar-refractivity contribution in [1.29, 1.82) is 0 Å². The van der Waals surface area contributed by atoms with E-state index < -0.39 is 0 Å². The third-order valence-corrected chi connectivity index (χ3v) is 2.84. The fraction of sp³-hybridized carbons (Fsp3) is 0.357. The Labute approximate surface area is 118 Å². The zero-order valence-corrected chi connectivity index (χ0v) is 12.2. The standard InChI is InChI=1S/C14H19N5O/c1-5-15-12-16-13(18-14(17-12)20-4)19(3)11-8-6-10(2)7-9-11/h6-9H,5H2,1-4H3,(H,15,16,17,18). The van der Waals surface area contributed by atoms with Crippen molar-refractivity contribution in [1.82, 2.24) is 15.0 Å². The number of rotatable bonds is 5. The number of hydrogen-bond donors (Lipinski definition) is 1. The van der Waals surface area contributed by atoms with E-state index in [9.17, 15) is 0 Å². The molecule has 2 rings (SSSR count). The largest absolute Gasteiger partial charge is 0.467 e. The normalized spacial score (nSPS) is 10.2. The van der Waals surface area contributed by atoms with Crippen LogP contribution in [0.4, 0.5) is 17.6 Å². The van der Waals surface area contributed by atoms with Gasteiger partial charge in [-0.05, 0) is 26.0 Å². The van der Waals surface area contributed by atoms with Gasteiger partial charge < -0.3 is 15.0 Å². The number of methoxy groups -OCH3 is 1. The first-order chi connectivity index (χ1) is 9.63. The number of aromatic nitrogens is 3. The number of ether oxygens (including phenoxy) is 1. The lowest BCUT2D eigenvalue weighted by Crippen LogP contribution is -2.16. The minimum atomic E-state index is 0.296. The fourth-order valence-corrected chi connectivity index (χ4v) is 1.71. The van der Waals surface area contributed by atoms with Crippen LogP contribution in [0.25, 0.3) is 0 Å². The summed E-state index contributed by atoms with van der Waals surface area (Å²) in [6.45, 7) is 4.78. The Morgan fingerprint density at radius 2 is 1.85 bits per heavy atom. The van der Waals surface area contributed by atoms with Gasteiger partial charge in [-0.3, -0.25) is 0 Å². The number of nitrogens with one attached hydrogen (secondary N) is 1. The summed E-state index contributed by atoms with van der Waals surface area (Å²) in [5, 5.41) is 3.07. The highest BCUT2D eigenvalue weighted by Gasteiger charge is 2.11. The molecule has 20 heavy (non-hydrogen) atoms. The second-order valence-corrected chi connectivity index (χ2v) is 4.37. The molecule has 106 valence electrons. The Morgan fingerprint density at radius 1 is 1.15 bits per heavy atom. The van der Waals surface area contributed by atoms with Crippen molar-refractivity contribution < 1.29 is 4.74 Å². The van der Waals surface area contributed by atoms with Crippen LogP contribution >= 0.6 is 0 Å². The summed E-state index contributed by atoms with van der Waals surface area (Å²) in [5.41, 5.74) is 2.22. The second kappa shape index (κ2) is 6.18. The molecule has 2 aromatic rings. The first kappa shape index (κ1) is 14.0. The summed E-state index contributed by atoms with van der Waals surface area (Å²) in [5.74, 6) is 1.05. The quantitative estimate of drug-likeness (QED) is 0.902. The molecule has 0 aliphatic rings. The molecular formula is C14H19N5O. The number of hydrogen-bond acceptors (Lipinski definition) is 6. The average Bonchev–Trinajstić information content (AvgIpc) is 2.47. The molecular weight excluding hydrogens is 254 g/mol. The Hall–Kier alpha value is -2.37. The van der Waals surface area contributed by atoms with Crippen LogP contribution in [0.15, 0.2) is 24.3 Å². The Bertz CT molecular complexity index is 570. The number of benzene rings is 1. The van der Waals surface area contributed by atoms with Gasteiger partial charge in [-0.15, -0.1) is 0 Å². The number of nitrogens with zero attached hydrogens (tertiary/aromatic N) is 4.